The lowest BCUT2D eigenvalue weighted by Crippen LogP contribution is -2.51. The Balaban J connectivity index is 1.35. The van der Waals surface area contributed by atoms with E-state index in [1.807, 2.05) is 46.4 Å². The predicted molar refractivity (Wildman–Crippen MR) is 140 cm³/mol. The first-order chi connectivity index (χ1) is 17.5. The number of piperazine rings is 1. The van der Waals surface area contributed by atoms with Gasteiger partial charge in [0.15, 0.2) is 5.17 Å². The van der Waals surface area contributed by atoms with Crippen LogP contribution in [0.1, 0.15) is 50.6 Å². The number of benzene rings is 1. The minimum Gasteiger partial charge on any atom is -0.497 e. The predicted octanol–water partition coefficient (Wildman–Crippen LogP) is 3.92. The van der Waals surface area contributed by atoms with E-state index in [4.69, 9.17) is 14.5 Å². The second-order valence-corrected chi connectivity index (χ2v) is 10.5. The molecule has 192 valence electrons. The second-order valence-electron chi connectivity index (χ2n) is 9.69. The molecule has 1 atom stereocenters. The fourth-order valence-electron chi connectivity index (χ4n) is 5.71. The summed E-state index contributed by atoms with van der Waals surface area (Å²) >= 11 is 1.50. The summed E-state index contributed by atoms with van der Waals surface area (Å²) in [5.74, 6) is 0.442. The zero-order valence-corrected chi connectivity index (χ0v) is 22.1. The zero-order valence-electron chi connectivity index (χ0n) is 21.2. The molecule has 36 heavy (non-hydrogen) atoms. The molecule has 0 unspecified atom stereocenters. The van der Waals surface area contributed by atoms with Crippen LogP contribution in [-0.4, -0.2) is 78.2 Å². The van der Waals surface area contributed by atoms with Gasteiger partial charge in [0.2, 0.25) is 5.91 Å². The summed E-state index contributed by atoms with van der Waals surface area (Å²) in [4.78, 5) is 37.6. The van der Waals surface area contributed by atoms with Crippen LogP contribution in [0.2, 0.25) is 0 Å². The van der Waals surface area contributed by atoms with Gasteiger partial charge in [-0.15, -0.1) is 0 Å². The van der Waals surface area contributed by atoms with Gasteiger partial charge in [0, 0.05) is 37.9 Å². The molecule has 3 heterocycles. The maximum Gasteiger partial charge on any atom is 0.338 e. The van der Waals surface area contributed by atoms with E-state index in [0.717, 1.165) is 48.4 Å². The molecule has 0 spiro atoms. The van der Waals surface area contributed by atoms with Crippen molar-refractivity contribution in [2.45, 2.75) is 51.1 Å². The number of thioether (sulfide) groups is 1. The number of esters is 1. The molecule has 5 rings (SSSR count). The lowest BCUT2D eigenvalue weighted by Gasteiger charge is -2.39. The Morgan fingerprint density at radius 3 is 2.39 bits per heavy atom. The van der Waals surface area contributed by atoms with Crippen molar-refractivity contribution < 1.29 is 19.1 Å². The number of methoxy groups -OCH3 is 2. The minimum absolute atomic E-state index is 0.119. The zero-order chi connectivity index (χ0) is 25.2. The van der Waals surface area contributed by atoms with E-state index in [1.54, 1.807) is 7.11 Å². The topological polar surface area (TPSA) is 74.7 Å². The SMILES string of the molecule is COC(=O)C1=C(C)N=C2SC=C(CC(=O)N3CCN(C4CCCC4)CC3)N2[C@@H]1c1ccc(OC)cc1. The minimum atomic E-state index is -0.427. The van der Waals surface area contributed by atoms with Crippen LogP contribution < -0.4 is 4.74 Å². The maximum atomic E-state index is 13.4. The summed E-state index contributed by atoms with van der Waals surface area (Å²) in [6.45, 7) is 5.27. The monoisotopic (exact) mass is 510 g/mol. The molecule has 4 aliphatic rings. The van der Waals surface area contributed by atoms with Gasteiger partial charge in [0.1, 0.15) is 5.75 Å². The molecule has 1 saturated heterocycles. The van der Waals surface area contributed by atoms with Crippen molar-refractivity contribution in [3.05, 3.63) is 52.2 Å². The molecule has 0 radical (unpaired) electrons. The normalized spacial score (nSPS) is 22.9. The standard InChI is InChI=1S/C27H34N4O4S/c1-18-24(26(33)35-3)25(19-8-10-22(34-2)11-9-19)31-21(17-36-27(31)28-18)16-23(32)30-14-12-29(13-15-30)20-6-4-5-7-20/h8-11,17,20,25H,4-7,12-16H2,1-3H3/t25-/m1/s1. The van der Waals surface area contributed by atoms with E-state index in [9.17, 15) is 9.59 Å². The Hall–Kier alpha value is -2.78. The van der Waals surface area contributed by atoms with Crippen LogP contribution in [-0.2, 0) is 14.3 Å². The molecular weight excluding hydrogens is 476 g/mol. The van der Waals surface area contributed by atoms with Crippen LogP contribution >= 0.6 is 11.8 Å². The summed E-state index contributed by atoms with van der Waals surface area (Å²) in [6.07, 6.45) is 5.50. The first kappa shape index (κ1) is 24.9. The molecule has 9 heteroatoms. The van der Waals surface area contributed by atoms with Crippen LogP contribution in [0.4, 0.5) is 0 Å². The van der Waals surface area contributed by atoms with E-state index in [1.165, 1.54) is 44.6 Å². The molecule has 0 aromatic heterocycles. The van der Waals surface area contributed by atoms with Gasteiger partial charge < -0.3 is 19.3 Å². The number of aliphatic imine (C=N–C) groups is 1. The van der Waals surface area contributed by atoms with Gasteiger partial charge in [-0.2, -0.15) is 0 Å². The van der Waals surface area contributed by atoms with Crippen molar-refractivity contribution >= 4 is 28.8 Å². The largest absolute Gasteiger partial charge is 0.497 e. The third-order valence-corrected chi connectivity index (χ3v) is 8.57. The van der Waals surface area contributed by atoms with Crippen LogP contribution in [0.25, 0.3) is 0 Å². The third-order valence-electron chi connectivity index (χ3n) is 7.68. The van der Waals surface area contributed by atoms with E-state index < -0.39 is 12.0 Å². The number of nitrogens with zero attached hydrogens (tertiary/aromatic N) is 4. The van der Waals surface area contributed by atoms with Gasteiger partial charge in [0.05, 0.1) is 38.0 Å². The number of rotatable bonds is 6. The van der Waals surface area contributed by atoms with Gasteiger partial charge in [0.25, 0.3) is 0 Å². The lowest BCUT2D eigenvalue weighted by molar-refractivity contribution is -0.136. The van der Waals surface area contributed by atoms with Crippen molar-refractivity contribution in [1.29, 1.82) is 0 Å². The number of ether oxygens (including phenoxy) is 2. The molecule has 1 aromatic rings. The Morgan fingerprint density at radius 1 is 1.06 bits per heavy atom. The molecule has 0 N–H and O–H groups in total. The van der Waals surface area contributed by atoms with E-state index in [0.29, 0.717) is 17.3 Å². The average Bonchev–Trinajstić information content (AvgIpc) is 3.58. The van der Waals surface area contributed by atoms with Crippen LogP contribution in [0.15, 0.2) is 51.6 Å². The van der Waals surface area contributed by atoms with Crippen molar-refractivity contribution in [1.82, 2.24) is 14.7 Å². The Morgan fingerprint density at radius 2 is 1.75 bits per heavy atom. The third kappa shape index (κ3) is 4.78. The number of hydrogen-bond donors (Lipinski definition) is 0. The van der Waals surface area contributed by atoms with Crippen LogP contribution in [0.5, 0.6) is 5.75 Å². The highest BCUT2D eigenvalue weighted by Crippen LogP contribution is 2.45. The van der Waals surface area contributed by atoms with Gasteiger partial charge in [-0.25, -0.2) is 9.79 Å². The summed E-state index contributed by atoms with van der Waals surface area (Å²) in [5, 5.41) is 2.77. The second kappa shape index (κ2) is 10.7. The quantitative estimate of drug-likeness (QED) is 0.537. The summed E-state index contributed by atoms with van der Waals surface area (Å²) in [7, 11) is 3.01. The number of amidine groups is 1. The van der Waals surface area contributed by atoms with Crippen molar-refractivity contribution in [2.24, 2.45) is 4.99 Å². The van der Waals surface area contributed by atoms with E-state index in [2.05, 4.69) is 4.90 Å². The fourth-order valence-corrected chi connectivity index (χ4v) is 6.68. The highest BCUT2D eigenvalue weighted by Gasteiger charge is 2.41. The summed E-state index contributed by atoms with van der Waals surface area (Å²) in [5.41, 5.74) is 2.88. The van der Waals surface area contributed by atoms with Crippen molar-refractivity contribution in [3.8, 4) is 5.75 Å². The average molecular weight is 511 g/mol. The Bertz CT molecular complexity index is 1100. The molecule has 1 aromatic carbocycles. The number of amides is 1. The fraction of sp³-hybridized carbons (Fsp3) is 0.519. The number of carbonyl (C=O) groups is 2. The Labute approximate surface area is 217 Å². The van der Waals surface area contributed by atoms with Crippen molar-refractivity contribution in [3.63, 3.8) is 0 Å². The first-order valence-electron chi connectivity index (χ1n) is 12.7. The molecular formula is C27H34N4O4S. The maximum absolute atomic E-state index is 13.4. The number of hydrogen-bond acceptors (Lipinski definition) is 8. The van der Waals surface area contributed by atoms with Gasteiger partial charge >= 0.3 is 5.97 Å². The number of fused-ring (bicyclic) bond motifs is 1. The van der Waals surface area contributed by atoms with Gasteiger partial charge in [-0.05, 0) is 42.9 Å². The smallest absolute Gasteiger partial charge is 0.338 e. The van der Waals surface area contributed by atoms with E-state index in [-0.39, 0.29) is 12.3 Å². The highest BCUT2D eigenvalue weighted by atomic mass is 32.2. The molecule has 2 fully saturated rings. The summed E-state index contributed by atoms with van der Waals surface area (Å²) in [6, 6.07) is 7.93. The van der Waals surface area contributed by atoms with Crippen molar-refractivity contribution in [2.75, 3.05) is 40.4 Å². The number of allylic oxidation sites excluding steroid dienone is 1. The first-order valence-corrected chi connectivity index (χ1v) is 13.6. The molecule has 0 bridgehead atoms. The number of carbonyl (C=O) groups excluding carboxylic acids is 2. The Kier molecular flexibility index (Phi) is 7.39. The van der Waals surface area contributed by atoms with Gasteiger partial charge in [-0.3, -0.25) is 9.69 Å². The van der Waals surface area contributed by atoms with E-state index >= 15 is 0 Å². The van der Waals surface area contributed by atoms with Crippen LogP contribution in [0, 0.1) is 0 Å². The molecule has 1 aliphatic carbocycles. The van der Waals surface area contributed by atoms with Crippen LogP contribution in [0.3, 0.4) is 0 Å². The molecule has 3 aliphatic heterocycles. The lowest BCUT2D eigenvalue weighted by atomic mass is 9.93. The highest BCUT2D eigenvalue weighted by molar-refractivity contribution is 8.16. The molecule has 1 amide bonds. The van der Waals surface area contributed by atoms with Gasteiger partial charge in [-0.1, -0.05) is 36.7 Å². The molecule has 8 nitrogen and oxygen atoms in total. The summed E-state index contributed by atoms with van der Waals surface area (Å²) < 4.78 is 10.5. The molecule has 1 saturated carbocycles.